The second kappa shape index (κ2) is 11.2. The monoisotopic (exact) mass is 532 g/mol. The van der Waals surface area contributed by atoms with Crippen molar-refractivity contribution in [3.63, 3.8) is 0 Å². The Morgan fingerprint density at radius 3 is 2.54 bits per heavy atom. The summed E-state index contributed by atoms with van der Waals surface area (Å²) in [4.78, 5) is 37.1. The van der Waals surface area contributed by atoms with Crippen molar-refractivity contribution in [3.8, 4) is 5.75 Å². The van der Waals surface area contributed by atoms with Crippen molar-refractivity contribution in [2.75, 3.05) is 7.11 Å². The van der Waals surface area contributed by atoms with E-state index in [1.54, 1.807) is 12.0 Å². The van der Waals surface area contributed by atoms with Crippen molar-refractivity contribution in [3.05, 3.63) is 94.5 Å². The molecular formula is C28H25ClN4O3S. The number of methoxy groups -OCH3 is 1. The van der Waals surface area contributed by atoms with Gasteiger partial charge in [0.15, 0.2) is 5.17 Å². The molecule has 0 aliphatic carbocycles. The van der Waals surface area contributed by atoms with Gasteiger partial charge < -0.3 is 10.1 Å². The number of hydrogen-bond donors (Lipinski definition) is 1. The Kier molecular flexibility index (Phi) is 7.58. The molecule has 2 aliphatic rings. The van der Waals surface area contributed by atoms with Gasteiger partial charge in [0.25, 0.3) is 5.91 Å². The van der Waals surface area contributed by atoms with Gasteiger partial charge in [-0.25, -0.2) is 9.89 Å². The summed E-state index contributed by atoms with van der Waals surface area (Å²) >= 11 is 7.48. The molecule has 3 aromatic rings. The number of benzene rings is 3. The largest absolute Gasteiger partial charge is 0.497 e. The quantitative estimate of drug-likeness (QED) is 0.424. The van der Waals surface area contributed by atoms with Crippen LogP contribution < -0.4 is 10.1 Å². The van der Waals surface area contributed by atoms with Crippen LogP contribution >= 0.6 is 23.4 Å². The number of nitrogens with one attached hydrogen (secondary N) is 1. The van der Waals surface area contributed by atoms with Crippen LogP contribution in [0.15, 0.2) is 82.8 Å². The number of thioether (sulfide) groups is 1. The van der Waals surface area contributed by atoms with Gasteiger partial charge in [0.2, 0.25) is 5.91 Å². The molecule has 1 N–H and O–H groups in total. The van der Waals surface area contributed by atoms with Gasteiger partial charge in [-0.15, -0.1) is 0 Å². The highest BCUT2D eigenvalue weighted by molar-refractivity contribution is 8.13. The van der Waals surface area contributed by atoms with Gasteiger partial charge in [0.1, 0.15) is 17.6 Å². The summed E-state index contributed by atoms with van der Waals surface area (Å²) in [6.45, 7) is 0.410. The lowest BCUT2D eigenvalue weighted by atomic mass is 10.1. The maximum absolute atomic E-state index is 13.4. The Bertz CT molecular complexity index is 1370. The number of para-hydroxylation sites is 1. The fourth-order valence-corrected chi connectivity index (χ4v) is 5.20. The normalized spacial score (nSPS) is 16.0. The highest BCUT2D eigenvalue weighted by atomic mass is 35.5. The molecule has 2 heterocycles. The first-order valence-corrected chi connectivity index (χ1v) is 13.2. The third-order valence-corrected chi connectivity index (χ3v) is 7.38. The number of carbonyl (C=O) groups is 2. The number of rotatable bonds is 8. The summed E-state index contributed by atoms with van der Waals surface area (Å²) < 4.78 is 5.16. The molecule has 37 heavy (non-hydrogen) atoms. The molecule has 0 spiro atoms. The fraction of sp³-hybridized carbons (Fsp3) is 0.214. The minimum absolute atomic E-state index is 0.125. The minimum Gasteiger partial charge on any atom is -0.497 e. The van der Waals surface area contributed by atoms with E-state index in [1.165, 1.54) is 11.8 Å². The van der Waals surface area contributed by atoms with Crippen molar-refractivity contribution >= 4 is 51.9 Å². The summed E-state index contributed by atoms with van der Waals surface area (Å²) in [5, 5.41) is 4.18. The van der Waals surface area contributed by atoms with Crippen molar-refractivity contribution in [1.29, 1.82) is 0 Å². The van der Waals surface area contributed by atoms with Gasteiger partial charge in [0.05, 0.1) is 12.8 Å². The molecule has 0 aromatic heterocycles. The average Bonchev–Trinajstić information content (AvgIpc) is 3.27. The number of aliphatic imine (C=N–C) groups is 2. The first kappa shape index (κ1) is 25.0. The predicted octanol–water partition coefficient (Wildman–Crippen LogP) is 5.34. The van der Waals surface area contributed by atoms with Crippen molar-refractivity contribution < 1.29 is 14.3 Å². The molecule has 0 saturated carbocycles. The minimum atomic E-state index is -0.630. The number of carbonyl (C=O) groups excluding carboxylic acids is 2. The number of fused-ring (bicyclic) bond motifs is 3. The Morgan fingerprint density at radius 1 is 1.05 bits per heavy atom. The summed E-state index contributed by atoms with van der Waals surface area (Å²) in [5.41, 5.74) is 3.64. The van der Waals surface area contributed by atoms with E-state index in [4.69, 9.17) is 26.3 Å². The van der Waals surface area contributed by atoms with Crippen LogP contribution in [-0.4, -0.2) is 40.9 Å². The van der Waals surface area contributed by atoms with E-state index in [1.807, 2.05) is 72.8 Å². The number of ether oxygens (including phenoxy) is 1. The lowest BCUT2D eigenvalue weighted by Crippen LogP contribution is -2.41. The molecule has 0 saturated heterocycles. The van der Waals surface area contributed by atoms with Crippen molar-refractivity contribution in [2.24, 2.45) is 9.98 Å². The van der Waals surface area contributed by atoms with Crippen LogP contribution in [0.1, 0.15) is 29.5 Å². The molecule has 3 aromatic carbocycles. The maximum atomic E-state index is 13.4. The number of amides is 2. The van der Waals surface area contributed by atoms with Crippen LogP contribution in [0.5, 0.6) is 5.75 Å². The summed E-state index contributed by atoms with van der Waals surface area (Å²) in [6, 6.07) is 22.2. The average molecular weight is 533 g/mol. The van der Waals surface area contributed by atoms with Gasteiger partial charge in [0, 0.05) is 29.3 Å². The molecule has 0 bridgehead atoms. The molecule has 5 rings (SSSR count). The van der Waals surface area contributed by atoms with Crippen LogP contribution in [0, 0.1) is 0 Å². The second-order valence-electron chi connectivity index (χ2n) is 8.63. The van der Waals surface area contributed by atoms with Crippen molar-refractivity contribution in [2.45, 2.75) is 31.2 Å². The standard InChI is InChI=1S/C28H25ClN4O3S/c1-36-21-12-8-18(9-13-21)16-30-25(34)15-14-24-27(35)33-26(31-24)22-4-2-3-5-23(22)32-28(33)37-17-19-6-10-20(29)11-7-19/h2-13,24H,14-17H2,1H3,(H,30,34)/t24-/m1/s1. The maximum Gasteiger partial charge on any atom is 0.259 e. The highest BCUT2D eigenvalue weighted by Crippen LogP contribution is 2.35. The lowest BCUT2D eigenvalue weighted by Gasteiger charge is -2.25. The van der Waals surface area contributed by atoms with E-state index in [0.29, 0.717) is 34.7 Å². The molecule has 0 fully saturated rings. The molecule has 0 unspecified atom stereocenters. The Morgan fingerprint density at radius 2 is 1.78 bits per heavy atom. The zero-order valence-electron chi connectivity index (χ0n) is 20.2. The SMILES string of the molecule is COc1ccc(CNC(=O)CC[C@H]2N=C3c4ccccc4N=C(SCc4ccc(Cl)cc4)N3C2=O)cc1. The molecule has 188 valence electrons. The van der Waals surface area contributed by atoms with E-state index in [0.717, 1.165) is 28.1 Å². The second-order valence-corrected chi connectivity index (χ2v) is 10.0. The van der Waals surface area contributed by atoms with E-state index in [9.17, 15) is 9.59 Å². The zero-order chi connectivity index (χ0) is 25.8. The fourth-order valence-electron chi connectivity index (χ4n) is 4.12. The van der Waals surface area contributed by atoms with Gasteiger partial charge >= 0.3 is 0 Å². The first-order valence-electron chi connectivity index (χ1n) is 11.9. The van der Waals surface area contributed by atoms with Crippen LogP contribution in [0.3, 0.4) is 0 Å². The van der Waals surface area contributed by atoms with Crippen molar-refractivity contribution in [1.82, 2.24) is 10.2 Å². The van der Waals surface area contributed by atoms with Gasteiger partial charge in [-0.3, -0.25) is 14.6 Å². The van der Waals surface area contributed by atoms with E-state index >= 15 is 0 Å². The molecule has 2 aliphatic heterocycles. The van der Waals surface area contributed by atoms with Crippen LogP contribution in [0.4, 0.5) is 5.69 Å². The van der Waals surface area contributed by atoms with E-state index in [-0.39, 0.29) is 18.2 Å². The predicted molar refractivity (Wildman–Crippen MR) is 148 cm³/mol. The zero-order valence-corrected chi connectivity index (χ0v) is 21.8. The molecular weight excluding hydrogens is 508 g/mol. The topological polar surface area (TPSA) is 83.4 Å². The molecule has 7 nitrogen and oxygen atoms in total. The summed E-state index contributed by atoms with van der Waals surface area (Å²) in [7, 11) is 1.61. The van der Waals surface area contributed by atoms with E-state index < -0.39 is 6.04 Å². The smallest absolute Gasteiger partial charge is 0.259 e. The molecule has 0 radical (unpaired) electrons. The number of amidine groups is 2. The van der Waals surface area contributed by atoms with Crippen LogP contribution in [0.2, 0.25) is 5.02 Å². The molecule has 2 amide bonds. The van der Waals surface area contributed by atoms with Gasteiger partial charge in [-0.1, -0.05) is 59.8 Å². The number of hydrogen-bond acceptors (Lipinski definition) is 6. The Balaban J connectivity index is 1.25. The Labute approximate surface area is 224 Å². The van der Waals surface area contributed by atoms with Gasteiger partial charge in [-0.2, -0.15) is 0 Å². The lowest BCUT2D eigenvalue weighted by molar-refractivity contribution is -0.125. The van der Waals surface area contributed by atoms with E-state index in [2.05, 4.69) is 5.32 Å². The van der Waals surface area contributed by atoms with Crippen LogP contribution in [-0.2, 0) is 21.9 Å². The van der Waals surface area contributed by atoms with Crippen LogP contribution in [0.25, 0.3) is 0 Å². The third-order valence-electron chi connectivity index (χ3n) is 6.12. The Hall–Kier alpha value is -3.62. The number of halogens is 1. The van der Waals surface area contributed by atoms with Gasteiger partial charge in [-0.05, 0) is 53.9 Å². The third kappa shape index (κ3) is 5.70. The first-order chi connectivity index (χ1) is 18.0. The molecule has 1 atom stereocenters. The molecule has 9 heteroatoms. The highest BCUT2D eigenvalue weighted by Gasteiger charge is 2.41. The summed E-state index contributed by atoms with van der Waals surface area (Å²) in [6.07, 6.45) is 0.522. The summed E-state index contributed by atoms with van der Waals surface area (Å²) in [5.74, 6) is 1.71. The number of nitrogens with zero attached hydrogens (tertiary/aromatic N) is 3.